The minimum Gasteiger partial charge on any atom is -0.505 e. The average molecular weight is 325 g/mol. The van der Waals surface area contributed by atoms with Crippen LogP contribution in [0.4, 0.5) is 0 Å². The molecule has 0 aliphatic rings. The Hall–Kier alpha value is -2.95. The molecule has 3 rings (SSSR count). The van der Waals surface area contributed by atoms with Gasteiger partial charge in [-0.3, -0.25) is 0 Å². The molecule has 0 bridgehead atoms. The van der Waals surface area contributed by atoms with Crippen molar-refractivity contribution in [2.24, 2.45) is 0 Å². The summed E-state index contributed by atoms with van der Waals surface area (Å²) in [6.07, 6.45) is 0. The van der Waals surface area contributed by atoms with Gasteiger partial charge in [0.25, 0.3) is 0 Å². The number of fused-ring (bicyclic) bond motifs is 1. The second kappa shape index (κ2) is 6.66. The number of aromatic hydroxyl groups is 1. The largest absolute Gasteiger partial charge is 0.505 e. The predicted octanol–water partition coefficient (Wildman–Crippen LogP) is 3.58. The third-order valence-corrected chi connectivity index (χ3v) is 3.90. The lowest BCUT2D eigenvalue weighted by Gasteiger charge is -2.10. The number of hydrogen-bond acceptors (Lipinski definition) is 4. The van der Waals surface area contributed by atoms with Crippen LogP contribution in [-0.4, -0.2) is 29.4 Å². The van der Waals surface area contributed by atoms with E-state index >= 15 is 0 Å². The fourth-order valence-corrected chi connectivity index (χ4v) is 2.78. The van der Waals surface area contributed by atoms with Gasteiger partial charge in [0.2, 0.25) is 0 Å². The van der Waals surface area contributed by atoms with Crippen molar-refractivity contribution < 1.29 is 19.4 Å². The van der Waals surface area contributed by atoms with Gasteiger partial charge in [-0.05, 0) is 30.7 Å². The van der Waals surface area contributed by atoms with Crippen LogP contribution >= 0.6 is 0 Å². The molecule has 5 heteroatoms. The minimum atomic E-state index is -0.541. The van der Waals surface area contributed by atoms with E-state index < -0.39 is 5.97 Å². The molecule has 1 N–H and O–H groups in total. The smallest absolute Gasteiger partial charge is 0.358 e. The maximum Gasteiger partial charge on any atom is 0.358 e. The lowest BCUT2D eigenvalue weighted by molar-refractivity contribution is 0.0511. The first-order chi connectivity index (χ1) is 11.7. The number of hydrogen-bond donors (Lipinski definition) is 1. The van der Waals surface area contributed by atoms with E-state index in [4.69, 9.17) is 9.47 Å². The van der Waals surface area contributed by atoms with Crippen molar-refractivity contribution in [3.63, 3.8) is 0 Å². The zero-order valence-electron chi connectivity index (χ0n) is 13.7. The highest BCUT2D eigenvalue weighted by molar-refractivity contribution is 6.02. The Balaban J connectivity index is 2.19. The van der Waals surface area contributed by atoms with Crippen LogP contribution in [0.5, 0.6) is 11.5 Å². The van der Waals surface area contributed by atoms with E-state index in [9.17, 15) is 9.90 Å². The van der Waals surface area contributed by atoms with Crippen molar-refractivity contribution in [1.29, 1.82) is 0 Å². The Morgan fingerprint density at radius 2 is 1.92 bits per heavy atom. The number of nitrogens with zero attached hydrogens (tertiary/aromatic N) is 1. The Morgan fingerprint density at radius 1 is 1.17 bits per heavy atom. The third-order valence-electron chi connectivity index (χ3n) is 3.90. The van der Waals surface area contributed by atoms with Gasteiger partial charge in [-0.15, -0.1) is 0 Å². The van der Waals surface area contributed by atoms with Gasteiger partial charge in [0.1, 0.15) is 5.75 Å². The molecule has 124 valence electrons. The molecule has 0 unspecified atom stereocenters. The lowest BCUT2D eigenvalue weighted by Crippen LogP contribution is -2.13. The van der Waals surface area contributed by atoms with Crippen LogP contribution in [0.1, 0.15) is 23.0 Å². The number of benzene rings is 2. The van der Waals surface area contributed by atoms with E-state index in [0.717, 1.165) is 11.1 Å². The van der Waals surface area contributed by atoms with Gasteiger partial charge in [-0.2, -0.15) is 0 Å². The molecule has 0 radical (unpaired) electrons. The molecule has 0 amide bonds. The summed E-state index contributed by atoms with van der Waals surface area (Å²) in [6.45, 7) is 2.44. The summed E-state index contributed by atoms with van der Waals surface area (Å²) >= 11 is 0. The summed E-state index contributed by atoms with van der Waals surface area (Å²) in [6, 6.07) is 15.1. The molecule has 5 nitrogen and oxygen atoms in total. The van der Waals surface area contributed by atoms with Crippen LogP contribution in [0.25, 0.3) is 10.9 Å². The van der Waals surface area contributed by atoms with Crippen LogP contribution in [0.3, 0.4) is 0 Å². The standard InChI is InChI=1S/C19H19NO4/c1-3-24-19(22)17-18(21)15-11-14(23-2)9-10-16(15)20(17)12-13-7-5-4-6-8-13/h4-11,21H,3,12H2,1-2H3. The van der Waals surface area contributed by atoms with E-state index in [1.165, 1.54) is 0 Å². The monoisotopic (exact) mass is 325 g/mol. The molecule has 0 fully saturated rings. The topological polar surface area (TPSA) is 60.7 Å². The zero-order chi connectivity index (χ0) is 17.1. The highest BCUT2D eigenvalue weighted by Crippen LogP contribution is 2.35. The van der Waals surface area contributed by atoms with E-state index in [-0.39, 0.29) is 18.1 Å². The van der Waals surface area contributed by atoms with Gasteiger partial charge < -0.3 is 19.1 Å². The predicted molar refractivity (Wildman–Crippen MR) is 91.7 cm³/mol. The second-order valence-electron chi connectivity index (χ2n) is 5.37. The highest BCUT2D eigenvalue weighted by Gasteiger charge is 2.24. The van der Waals surface area contributed by atoms with Crippen molar-refractivity contribution in [3.05, 3.63) is 59.8 Å². The molecule has 1 aromatic heterocycles. The van der Waals surface area contributed by atoms with E-state index in [2.05, 4.69) is 0 Å². The summed E-state index contributed by atoms with van der Waals surface area (Å²) < 4.78 is 12.1. The Morgan fingerprint density at radius 3 is 2.58 bits per heavy atom. The van der Waals surface area contributed by atoms with Crippen molar-refractivity contribution >= 4 is 16.9 Å². The van der Waals surface area contributed by atoms with E-state index in [0.29, 0.717) is 17.7 Å². The molecular formula is C19H19NO4. The average Bonchev–Trinajstić information content (AvgIpc) is 2.87. The molecule has 2 aromatic carbocycles. The van der Waals surface area contributed by atoms with Gasteiger partial charge in [-0.1, -0.05) is 30.3 Å². The molecular weight excluding hydrogens is 306 g/mol. The Labute approximate surface area is 140 Å². The number of carbonyl (C=O) groups excluding carboxylic acids is 1. The quantitative estimate of drug-likeness (QED) is 0.728. The lowest BCUT2D eigenvalue weighted by atomic mass is 10.2. The number of carbonyl (C=O) groups is 1. The molecule has 0 aliphatic heterocycles. The van der Waals surface area contributed by atoms with Crippen LogP contribution in [0.15, 0.2) is 48.5 Å². The fourth-order valence-electron chi connectivity index (χ4n) is 2.78. The Kier molecular flexibility index (Phi) is 4.42. The number of esters is 1. The summed E-state index contributed by atoms with van der Waals surface area (Å²) in [4.78, 5) is 12.4. The molecule has 0 saturated carbocycles. The van der Waals surface area contributed by atoms with Crippen molar-refractivity contribution in [2.75, 3.05) is 13.7 Å². The van der Waals surface area contributed by atoms with Crippen molar-refractivity contribution in [3.8, 4) is 11.5 Å². The van der Waals surface area contributed by atoms with Crippen LogP contribution < -0.4 is 4.74 Å². The fraction of sp³-hybridized carbons (Fsp3) is 0.211. The maximum atomic E-state index is 12.4. The van der Waals surface area contributed by atoms with Gasteiger partial charge >= 0.3 is 5.97 Å². The van der Waals surface area contributed by atoms with Crippen LogP contribution in [0, 0.1) is 0 Å². The summed E-state index contributed by atoms with van der Waals surface area (Å²) in [7, 11) is 1.56. The number of rotatable bonds is 5. The van der Waals surface area contributed by atoms with Crippen LogP contribution in [0.2, 0.25) is 0 Å². The summed E-state index contributed by atoms with van der Waals surface area (Å²) in [5.74, 6) is -0.00977. The molecule has 3 aromatic rings. The molecule has 0 spiro atoms. The molecule has 1 heterocycles. The maximum absolute atomic E-state index is 12.4. The van der Waals surface area contributed by atoms with E-state index in [1.807, 2.05) is 36.4 Å². The zero-order valence-corrected chi connectivity index (χ0v) is 13.7. The molecule has 0 aliphatic carbocycles. The first-order valence-corrected chi connectivity index (χ1v) is 7.76. The van der Waals surface area contributed by atoms with Gasteiger partial charge in [0.05, 0.1) is 19.2 Å². The molecule has 0 atom stereocenters. The summed E-state index contributed by atoms with van der Waals surface area (Å²) in [5, 5.41) is 11.2. The van der Waals surface area contributed by atoms with Gasteiger partial charge in [0, 0.05) is 11.9 Å². The van der Waals surface area contributed by atoms with Crippen molar-refractivity contribution in [1.82, 2.24) is 4.57 Å². The highest BCUT2D eigenvalue weighted by atomic mass is 16.5. The first kappa shape index (κ1) is 15.9. The third kappa shape index (κ3) is 2.80. The van der Waals surface area contributed by atoms with Crippen molar-refractivity contribution in [2.45, 2.75) is 13.5 Å². The van der Waals surface area contributed by atoms with Gasteiger partial charge in [-0.25, -0.2) is 4.79 Å². The Bertz CT molecular complexity index is 868. The summed E-state index contributed by atoms with van der Waals surface area (Å²) in [5.41, 5.74) is 1.93. The second-order valence-corrected chi connectivity index (χ2v) is 5.37. The van der Waals surface area contributed by atoms with Gasteiger partial charge in [0.15, 0.2) is 11.4 Å². The normalized spacial score (nSPS) is 10.8. The molecule has 0 saturated heterocycles. The number of aromatic nitrogens is 1. The first-order valence-electron chi connectivity index (χ1n) is 7.76. The number of ether oxygens (including phenoxy) is 2. The number of methoxy groups -OCH3 is 1. The SMILES string of the molecule is CCOC(=O)c1c(O)c2cc(OC)ccc2n1Cc1ccccc1. The minimum absolute atomic E-state index is 0.0849. The van der Waals surface area contributed by atoms with E-state index in [1.54, 1.807) is 30.7 Å². The van der Waals surface area contributed by atoms with Crippen LogP contribution in [-0.2, 0) is 11.3 Å². The molecule has 24 heavy (non-hydrogen) atoms.